The van der Waals surface area contributed by atoms with E-state index in [2.05, 4.69) is 15.0 Å². The first kappa shape index (κ1) is 34.9. The van der Waals surface area contributed by atoms with Crippen LogP contribution in [0.3, 0.4) is 0 Å². The van der Waals surface area contributed by atoms with Crippen molar-refractivity contribution < 1.29 is 36.0 Å². The van der Waals surface area contributed by atoms with Crippen LogP contribution in [0, 0.1) is 0 Å². The molecular weight excluding hydrogens is 654 g/mol. The Hall–Kier alpha value is -4.56. The third kappa shape index (κ3) is 9.71. The van der Waals surface area contributed by atoms with Gasteiger partial charge in [-0.25, -0.2) is 31.8 Å². The number of rotatable bonds is 16. The molecule has 0 bridgehead atoms. The van der Waals surface area contributed by atoms with Crippen molar-refractivity contribution in [3.05, 3.63) is 76.6 Å². The number of benzene rings is 2. The molecule has 4 amide bonds. The molecule has 17 nitrogen and oxygen atoms in total. The molecule has 0 radical (unpaired) electrons. The van der Waals surface area contributed by atoms with E-state index in [-0.39, 0.29) is 39.6 Å². The largest absolute Gasteiger partial charge is 0.369 e. The Labute approximate surface area is 262 Å². The number of hydrogen-bond acceptors (Lipinski definition) is 11. The molecule has 1 heterocycles. The predicted octanol–water partition coefficient (Wildman–Crippen LogP) is -2.37. The number of amides is 4. The number of nitrogens with two attached hydrogens (primary N) is 4. The van der Waals surface area contributed by atoms with Crippen LogP contribution < -0.4 is 22.9 Å². The third-order valence-electron chi connectivity index (χ3n) is 5.88. The third-order valence-corrected chi connectivity index (χ3v) is 9.66. The second-order valence-corrected chi connectivity index (χ2v) is 13.7. The van der Waals surface area contributed by atoms with Crippen LogP contribution in [0.25, 0.3) is 0 Å². The first-order chi connectivity index (χ1) is 21.0. The lowest BCUT2D eigenvalue weighted by molar-refractivity contribution is -0.121. The van der Waals surface area contributed by atoms with Crippen LogP contribution in [0.2, 0.25) is 5.28 Å². The molecule has 0 aliphatic carbocycles. The molecule has 3 rings (SSSR count). The van der Waals surface area contributed by atoms with Crippen LogP contribution in [-0.4, -0.2) is 90.2 Å². The summed E-state index contributed by atoms with van der Waals surface area (Å²) >= 11 is 6.11. The topological polar surface area (TPSA) is 286 Å². The van der Waals surface area contributed by atoms with Crippen LogP contribution in [-0.2, 0) is 52.1 Å². The van der Waals surface area contributed by atoms with E-state index in [4.69, 9.17) is 34.5 Å². The fourth-order valence-electron chi connectivity index (χ4n) is 3.96. The van der Waals surface area contributed by atoms with Crippen LogP contribution in [0.5, 0.6) is 0 Å². The van der Waals surface area contributed by atoms with Gasteiger partial charge in [0.25, 0.3) is 0 Å². The first-order valence-electron chi connectivity index (χ1n) is 12.7. The zero-order chi connectivity index (χ0) is 33.5. The molecule has 0 saturated carbocycles. The quantitative estimate of drug-likeness (QED) is 0.124. The summed E-state index contributed by atoms with van der Waals surface area (Å²) in [5, 5.41) is -0.115. The van der Waals surface area contributed by atoms with Crippen molar-refractivity contribution in [2.45, 2.75) is 22.6 Å². The predicted molar refractivity (Wildman–Crippen MR) is 158 cm³/mol. The normalized spacial score (nSPS) is 11.9. The maximum Gasteiger partial charge on any atom is 0.244 e. The summed E-state index contributed by atoms with van der Waals surface area (Å²) in [6.07, 6.45) is 0.239. The number of aromatic nitrogens is 3. The highest BCUT2D eigenvalue weighted by molar-refractivity contribution is 7.89. The van der Waals surface area contributed by atoms with E-state index in [1.165, 1.54) is 48.5 Å². The molecule has 3 aromatic rings. The van der Waals surface area contributed by atoms with E-state index in [1.54, 1.807) is 0 Å². The molecule has 0 atom stereocenters. The average molecular weight is 682 g/mol. The molecule has 0 aliphatic rings. The van der Waals surface area contributed by atoms with E-state index < -0.39 is 69.9 Å². The summed E-state index contributed by atoms with van der Waals surface area (Å²) in [4.78, 5) is 57.5. The highest BCUT2D eigenvalue weighted by Crippen LogP contribution is 2.20. The lowest BCUT2D eigenvalue weighted by Gasteiger charge is -2.19. The summed E-state index contributed by atoms with van der Waals surface area (Å²) in [5.74, 6) is -3.37. The smallest absolute Gasteiger partial charge is 0.244 e. The fourth-order valence-corrected chi connectivity index (χ4v) is 6.90. The number of halogens is 1. The number of carbonyl (C=O) groups excluding carboxylic acids is 4. The van der Waals surface area contributed by atoms with Gasteiger partial charge in [-0.05, 0) is 47.0 Å². The van der Waals surface area contributed by atoms with Crippen molar-refractivity contribution in [2.24, 2.45) is 22.9 Å². The van der Waals surface area contributed by atoms with Crippen molar-refractivity contribution >= 4 is 55.3 Å². The van der Waals surface area contributed by atoms with E-state index >= 15 is 0 Å². The van der Waals surface area contributed by atoms with E-state index in [1.807, 2.05) is 0 Å². The molecular formula is C25H28ClN9O8S2. The van der Waals surface area contributed by atoms with E-state index in [0.29, 0.717) is 19.7 Å². The van der Waals surface area contributed by atoms with Gasteiger partial charge in [-0.3, -0.25) is 19.2 Å². The van der Waals surface area contributed by atoms with Gasteiger partial charge in [-0.2, -0.15) is 8.61 Å². The molecule has 0 unspecified atom stereocenters. The lowest BCUT2D eigenvalue weighted by atomic mass is 10.1. The van der Waals surface area contributed by atoms with Gasteiger partial charge < -0.3 is 22.9 Å². The van der Waals surface area contributed by atoms with Gasteiger partial charge in [-0.15, -0.1) is 0 Å². The second kappa shape index (κ2) is 14.5. The SMILES string of the molecule is NC(=O)CN(CC(N)=O)S(=O)(=O)c1ccc(Cc2nc(Cl)nc(Cc3ccc(S(=O)(=O)N(CC(N)=O)CC(N)=O)cc3)n2)cc1. The summed E-state index contributed by atoms with van der Waals surface area (Å²) in [5.41, 5.74) is 21.6. The van der Waals surface area contributed by atoms with Gasteiger partial charge >= 0.3 is 0 Å². The van der Waals surface area contributed by atoms with Crippen LogP contribution >= 0.6 is 11.6 Å². The lowest BCUT2D eigenvalue weighted by Crippen LogP contribution is -2.43. The number of carbonyl (C=O) groups is 4. The summed E-state index contributed by atoms with van der Waals surface area (Å²) < 4.78 is 52.8. The van der Waals surface area contributed by atoms with Crippen molar-refractivity contribution in [3.63, 3.8) is 0 Å². The second-order valence-electron chi connectivity index (χ2n) is 9.49. The van der Waals surface area contributed by atoms with Crippen LogP contribution in [0.4, 0.5) is 0 Å². The van der Waals surface area contributed by atoms with Gasteiger partial charge in [0.05, 0.1) is 36.0 Å². The molecule has 45 heavy (non-hydrogen) atoms. The Bertz CT molecular complexity index is 1660. The number of sulfonamides is 2. The van der Waals surface area contributed by atoms with Crippen LogP contribution in [0.1, 0.15) is 22.8 Å². The van der Waals surface area contributed by atoms with Gasteiger partial charge in [0, 0.05) is 12.8 Å². The van der Waals surface area contributed by atoms with Gasteiger partial charge in [0.1, 0.15) is 11.6 Å². The van der Waals surface area contributed by atoms with Gasteiger partial charge in [0.15, 0.2) is 0 Å². The molecule has 1 aromatic heterocycles. The minimum Gasteiger partial charge on any atom is -0.369 e. The molecule has 0 fully saturated rings. The fraction of sp³-hybridized carbons (Fsp3) is 0.240. The minimum absolute atomic E-state index is 0.115. The molecule has 20 heteroatoms. The summed E-state index contributed by atoms with van der Waals surface area (Å²) in [6.45, 7) is -2.94. The molecule has 0 saturated heterocycles. The van der Waals surface area contributed by atoms with Crippen molar-refractivity contribution in [1.29, 1.82) is 0 Å². The van der Waals surface area contributed by atoms with Gasteiger partial charge in [-0.1, -0.05) is 24.3 Å². The monoisotopic (exact) mass is 681 g/mol. The molecule has 8 N–H and O–H groups in total. The van der Waals surface area contributed by atoms with E-state index in [9.17, 15) is 36.0 Å². The van der Waals surface area contributed by atoms with Crippen molar-refractivity contribution in [2.75, 3.05) is 26.2 Å². The Morgan fingerprint density at radius 2 is 0.844 bits per heavy atom. The molecule has 240 valence electrons. The summed E-state index contributed by atoms with van der Waals surface area (Å²) in [6, 6.07) is 11.0. The highest BCUT2D eigenvalue weighted by atomic mass is 35.5. The van der Waals surface area contributed by atoms with E-state index in [0.717, 1.165) is 0 Å². The molecule has 0 aliphatic heterocycles. The molecule has 2 aromatic carbocycles. The Morgan fingerprint density at radius 1 is 0.556 bits per heavy atom. The maximum absolute atomic E-state index is 12.9. The van der Waals surface area contributed by atoms with Crippen molar-refractivity contribution in [1.82, 2.24) is 23.6 Å². The highest BCUT2D eigenvalue weighted by Gasteiger charge is 2.28. The first-order valence-corrected chi connectivity index (χ1v) is 15.9. The zero-order valence-corrected chi connectivity index (χ0v) is 25.8. The summed E-state index contributed by atoms with van der Waals surface area (Å²) in [7, 11) is -8.54. The van der Waals surface area contributed by atoms with Crippen molar-refractivity contribution in [3.8, 4) is 0 Å². The van der Waals surface area contributed by atoms with Gasteiger partial charge in [0.2, 0.25) is 49.0 Å². The van der Waals surface area contributed by atoms with Crippen LogP contribution in [0.15, 0.2) is 58.3 Å². The Morgan fingerprint density at radius 3 is 1.11 bits per heavy atom. The standard InChI is InChI=1S/C25H28ClN9O8S2/c26-25-32-23(9-15-1-5-17(6-2-15)44(40,41)34(11-19(27)36)12-20(28)37)31-24(33-25)10-16-3-7-18(8-4-16)45(42,43)35(13-21(29)38)14-22(30)39/h1-8H,9-14H2,(H2,27,36)(H2,28,37)(H2,29,38)(H2,30,39). The average Bonchev–Trinajstić information content (AvgIpc) is 2.91. The molecule has 0 spiro atoms. The Kier molecular flexibility index (Phi) is 11.2. The number of hydrogen-bond donors (Lipinski definition) is 4. The minimum atomic E-state index is -4.27. The maximum atomic E-state index is 12.9. The number of primary amides is 4. The zero-order valence-electron chi connectivity index (χ0n) is 23.4. The Balaban J connectivity index is 1.77. The number of nitrogens with zero attached hydrogens (tertiary/aromatic N) is 5.